The van der Waals surface area contributed by atoms with E-state index in [1.807, 2.05) is 73.7 Å². The Balaban J connectivity index is 1.34. The van der Waals surface area contributed by atoms with Crippen molar-refractivity contribution in [1.82, 2.24) is 10.2 Å². The zero-order valence-electron chi connectivity index (χ0n) is 15.3. The van der Waals surface area contributed by atoms with E-state index in [1.54, 1.807) is 0 Å². The van der Waals surface area contributed by atoms with Gasteiger partial charge in [-0.15, -0.1) is 10.2 Å². The number of carbonyl (C=O) groups is 1. The van der Waals surface area contributed by atoms with Crippen LogP contribution in [0.5, 0.6) is 5.75 Å². The van der Waals surface area contributed by atoms with E-state index in [0.29, 0.717) is 16.7 Å². The molecule has 0 saturated carbocycles. The normalized spacial score (nSPS) is 10.9. The minimum Gasteiger partial charge on any atom is -0.484 e. The highest BCUT2D eigenvalue weighted by Crippen LogP contribution is 2.21. The van der Waals surface area contributed by atoms with Crippen molar-refractivity contribution in [3.05, 3.63) is 83.7 Å². The maximum absolute atomic E-state index is 12.5. The average molecular weight is 390 g/mol. The van der Waals surface area contributed by atoms with Crippen LogP contribution in [0.3, 0.4) is 0 Å². The lowest BCUT2D eigenvalue weighted by molar-refractivity contribution is 0.102. The zero-order chi connectivity index (χ0) is 19.3. The predicted molar refractivity (Wildman–Crippen MR) is 109 cm³/mol. The van der Waals surface area contributed by atoms with Crippen molar-refractivity contribution < 1.29 is 13.9 Å². The van der Waals surface area contributed by atoms with Gasteiger partial charge in [-0.2, -0.15) is 0 Å². The van der Waals surface area contributed by atoms with Crippen molar-refractivity contribution in [3.8, 4) is 5.75 Å². The molecular formula is C22H18N2O3S. The predicted octanol–water partition coefficient (Wildman–Crippen LogP) is 5.09. The Kier molecular flexibility index (Phi) is 5.39. The third-order valence-electron chi connectivity index (χ3n) is 4.20. The Hall–Kier alpha value is -3.12. The van der Waals surface area contributed by atoms with Crippen LogP contribution in [0.15, 0.2) is 76.4 Å². The van der Waals surface area contributed by atoms with Crippen LogP contribution in [0.25, 0.3) is 10.8 Å². The summed E-state index contributed by atoms with van der Waals surface area (Å²) < 4.78 is 11.2. The highest BCUT2D eigenvalue weighted by Gasteiger charge is 2.12. The van der Waals surface area contributed by atoms with Crippen LogP contribution in [0.4, 0.5) is 0 Å². The number of Topliss-reactive ketones (excluding diaryl/α,β-unsaturated/α-hetero) is 1. The number of ether oxygens (including phenoxy) is 1. The molecule has 0 N–H and O–H groups in total. The van der Waals surface area contributed by atoms with Crippen LogP contribution in [0, 0.1) is 6.92 Å². The van der Waals surface area contributed by atoms with Gasteiger partial charge in [0.25, 0.3) is 11.1 Å². The highest BCUT2D eigenvalue weighted by atomic mass is 32.2. The van der Waals surface area contributed by atoms with Gasteiger partial charge >= 0.3 is 0 Å². The summed E-state index contributed by atoms with van der Waals surface area (Å²) in [5, 5.41) is 10.5. The van der Waals surface area contributed by atoms with Crippen LogP contribution in [-0.2, 0) is 6.61 Å². The number of carbonyl (C=O) groups excluding carboxylic acids is 1. The molecule has 0 atom stereocenters. The molecule has 0 unspecified atom stereocenters. The van der Waals surface area contributed by atoms with Gasteiger partial charge in [-0.05, 0) is 41.5 Å². The Morgan fingerprint density at radius 3 is 2.71 bits per heavy atom. The quantitative estimate of drug-likeness (QED) is 0.324. The molecule has 0 saturated heterocycles. The molecule has 6 heteroatoms. The van der Waals surface area contributed by atoms with E-state index < -0.39 is 0 Å². The number of rotatable bonds is 7. The van der Waals surface area contributed by atoms with Crippen molar-refractivity contribution in [2.75, 3.05) is 5.75 Å². The van der Waals surface area contributed by atoms with Crippen LogP contribution >= 0.6 is 11.8 Å². The van der Waals surface area contributed by atoms with E-state index in [2.05, 4.69) is 10.2 Å². The Bertz CT molecular complexity index is 1120. The summed E-state index contributed by atoms with van der Waals surface area (Å²) in [6.45, 7) is 2.19. The first-order valence-electron chi connectivity index (χ1n) is 8.84. The van der Waals surface area contributed by atoms with Gasteiger partial charge in [-0.3, -0.25) is 4.79 Å². The Morgan fingerprint density at radius 1 is 1.00 bits per heavy atom. The highest BCUT2D eigenvalue weighted by molar-refractivity contribution is 7.99. The molecule has 0 radical (unpaired) electrons. The van der Waals surface area contributed by atoms with Crippen LogP contribution in [0.1, 0.15) is 21.8 Å². The molecule has 0 bridgehead atoms. The second kappa shape index (κ2) is 8.27. The van der Waals surface area contributed by atoms with Crippen molar-refractivity contribution >= 4 is 28.3 Å². The molecule has 1 aromatic heterocycles. The first-order chi connectivity index (χ1) is 13.7. The number of thioether (sulfide) groups is 1. The Morgan fingerprint density at radius 2 is 1.86 bits per heavy atom. The van der Waals surface area contributed by atoms with Crippen molar-refractivity contribution in [3.63, 3.8) is 0 Å². The molecular weight excluding hydrogens is 372 g/mol. The van der Waals surface area contributed by atoms with Crippen molar-refractivity contribution in [1.29, 1.82) is 0 Å². The number of benzene rings is 3. The smallest absolute Gasteiger partial charge is 0.277 e. The van der Waals surface area contributed by atoms with E-state index in [1.165, 1.54) is 11.8 Å². The minimum atomic E-state index is 0.0199. The summed E-state index contributed by atoms with van der Waals surface area (Å²) in [6.07, 6.45) is 0. The van der Waals surface area contributed by atoms with Gasteiger partial charge in [-0.1, -0.05) is 60.3 Å². The molecule has 1 heterocycles. The number of hydrogen-bond donors (Lipinski definition) is 0. The third-order valence-corrected chi connectivity index (χ3v) is 5.02. The Labute approximate surface area is 166 Å². The molecule has 0 fully saturated rings. The van der Waals surface area contributed by atoms with Crippen molar-refractivity contribution in [2.24, 2.45) is 0 Å². The molecule has 0 aliphatic rings. The maximum atomic E-state index is 12.5. The molecule has 0 aliphatic carbocycles. The van der Waals surface area contributed by atoms with E-state index in [0.717, 1.165) is 22.1 Å². The lowest BCUT2D eigenvalue weighted by Crippen LogP contribution is -2.02. The van der Waals surface area contributed by atoms with Gasteiger partial charge in [0.15, 0.2) is 12.4 Å². The maximum Gasteiger partial charge on any atom is 0.277 e. The number of fused-ring (bicyclic) bond motifs is 1. The summed E-state index contributed by atoms with van der Waals surface area (Å²) in [4.78, 5) is 12.5. The minimum absolute atomic E-state index is 0.0199. The summed E-state index contributed by atoms with van der Waals surface area (Å²) in [5.74, 6) is 1.38. The monoisotopic (exact) mass is 390 g/mol. The number of aryl methyl sites for hydroxylation is 1. The molecule has 0 aliphatic heterocycles. The molecule has 4 rings (SSSR count). The SMILES string of the molecule is Cc1cccc(OCc2nnc(SCC(=O)c3ccc4ccccc4c3)o2)c1. The summed E-state index contributed by atoms with van der Waals surface area (Å²) in [5.41, 5.74) is 1.79. The van der Waals surface area contributed by atoms with Gasteiger partial charge < -0.3 is 9.15 Å². The van der Waals surface area contributed by atoms with Gasteiger partial charge in [0, 0.05) is 5.56 Å². The molecule has 0 spiro atoms. The van der Waals surface area contributed by atoms with E-state index >= 15 is 0 Å². The zero-order valence-corrected chi connectivity index (χ0v) is 16.1. The van der Waals surface area contributed by atoms with Crippen molar-refractivity contribution in [2.45, 2.75) is 18.8 Å². The molecule has 3 aromatic carbocycles. The van der Waals surface area contributed by atoms with Crippen LogP contribution in [-0.4, -0.2) is 21.7 Å². The van der Waals surface area contributed by atoms with Crippen LogP contribution < -0.4 is 4.74 Å². The molecule has 28 heavy (non-hydrogen) atoms. The summed E-state index contributed by atoms with van der Waals surface area (Å²) in [6, 6.07) is 21.4. The second-order valence-corrected chi connectivity index (χ2v) is 7.27. The topological polar surface area (TPSA) is 65.2 Å². The fourth-order valence-corrected chi connectivity index (χ4v) is 3.45. The van der Waals surface area contributed by atoms with E-state index in [-0.39, 0.29) is 18.1 Å². The van der Waals surface area contributed by atoms with Gasteiger partial charge in [0.2, 0.25) is 0 Å². The molecule has 4 aromatic rings. The average Bonchev–Trinajstić information content (AvgIpc) is 3.18. The van der Waals surface area contributed by atoms with Gasteiger partial charge in [-0.25, -0.2) is 0 Å². The largest absolute Gasteiger partial charge is 0.484 e. The number of ketones is 1. The number of hydrogen-bond acceptors (Lipinski definition) is 6. The molecule has 5 nitrogen and oxygen atoms in total. The first kappa shape index (κ1) is 18.3. The lowest BCUT2D eigenvalue weighted by atomic mass is 10.1. The summed E-state index contributed by atoms with van der Waals surface area (Å²) >= 11 is 1.23. The molecule has 140 valence electrons. The molecule has 0 amide bonds. The number of nitrogens with zero attached hydrogens (tertiary/aromatic N) is 2. The fourth-order valence-electron chi connectivity index (χ4n) is 2.78. The first-order valence-corrected chi connectivity index (χ1v) is 9.82. The fraction of sp³-hybridized carbons (Fsp3) is 0.136. The van der Waals surface area contributed by atoms with Gasteiger partial charge in [0.1, 0.15) is 5.75 Å². The van der Waals surface area contributed by atoms with Crippen LogP contribution in [0.2, 0.25) is 0 Å². The number of aromatic nitrogens is 2. The van der Waals surface area contributed by atoms with E-state index in [9.17, 15) is 4.79 Å². The third kappa shape index (κ3) is 4.40. The standard InChI is InChI=1S/C22H18N2O3S/c1-15-5-4-8-19(11-15)26-13-21-23-24-22(27-21)28-14-20(25)18-10-9-16-6-2-3-7-17(16)12-18/h2-12H,13-14H2,1H3. The van der Waals surface area contributed by atoms with E-state index in [4.69, 9.17) is 9.15 Å². The van der Waals surface area contributed by atoms with Gasteiger partial charge in [0.05, 0.1) is 5.75 Å². The second-order valence-electron chi connectivity index (χ2n) is 6.34. The summed E-state index contributed by atoms with van der Waals surface area (Å²) in [7, 11) is 0. The lowest BCUT2D eigenvalue weighted by Gasteiger charge is -2.03.